The molecule has 11 heteroatoms. The molecule has 0 N–H and O–H groups in total. The van der Waals surface area contributed by atoms with Gasteiger partial charge in [0, 0.05) is 43.9 Å². The minimum absolute atomic E-state index is 0.00341. The number of alkyl halides is 3. The van der Waals surface area contributed by atoms with Gasteiger partial charge in [0.1, 0.15) is 5.78 Å². The Hall–Kier alpha value is -1.65. The molecule has 1 aliphatic heterocycles. The van der Waals surface area contributed by atoms with Crippen LogP contribution in [0.25, 0.3) is 0 Å². The first-order chi connectivity index (χ1) is 15.0. The molecule has 2 atom stereocenters. The van der Waals surface area contributed by atoms with Crippen LogP contribution >= 0.6 is 11.6 Å². The summed E-state index contributed by atoms with van der Waals surface area (Å²) >= 11 is 5.59. The van der Waals surface area contributed by atoms with Crippen molar-refractivity contribution in [3.8, 4) is 0 Å². The number of halogens is 4. The van der Waals surface area contributed by atoms with E-state index in [1.54, 1.807) is 4.90 Å². The zero-order valence-electron chi connectivity index (χ0n) is 17.3. The zero-order valence-corrected chi connectivity index (χ0v) is 18.8. The molecule has 1 aromatic rings. The van der Waals surface area contributed by atoms with Crippen LogP contribution in [0.1, 0.15) is 37.7 Å². The summed E-state index contributed by atoms with van der Waals surface area (Å²) in [5, 5.41) is -0.567. The molecule has 1 heterocycles. The Morgan fingerprint density at radius 3 is 2.19 bits per heavy atom. The lowest BCUT2D eigenvalue weighted by Gasteiger charge is -2.40. The Kier molecular flexibility index (Phi) is 6.32. The molecule has 32 heavy (non-hydrogen) atoms. The van der Waals surface area contributed by atoms with Crippen LogP contribution in [0.4, 0.5) is 13.2 Å². The van der Waals surface area contributed by atoms with Crippen molar-refractivity contribution in [2.24, 2.45) is 17.8 Å². The normalized spacial score (nSPS) is 27.4. The third-order valence-corrected chi connectivity index (χ3v) is 9.05. The number of hydrogen-bond donors (Lipinski definition) is 0. The number of nitrogens with zero attached hydrogens (tertiary/aromatic N) is 2. The fourth-order valence-corrected chi connectivity index (χ4v) is 6.79. The molecule has 0 unspecified atom stereocenters. The second kappa shape index (κ2) is 8.61. The highest BCUT2D eigenvalue weighted by molar-refractivity contribution is 7.89. The number of amides is 1. The van der Waals surface area contributed by atoms with Crippen LogP contribution in [0.3, 0.4) is 0 Å². The van der Waals surface area contributed by atoms with Gasteiger partial charge in [0.25, 0.3) is 0 Å². The molecule has 1 amide bonds. The fraction of sp³-hybridized carbons (Fsp3) is 0.619. The van der Waals surface area contributed by atoms with Crippen LogP contribution in [0.5, 0.6) is 0 Å². The molecule has 0 spiro atoms. The fourth-order valence-electron chi connectivity index (χ4n) is 5.12. The molecule has 6 nitrogen and oxygen atoms in total. The van der Waals surface area contributed by atoms with Crippen LogP contribution in [-0.4, -0.2) is 55.5 Å². The van der Waals surface area contributed by atoms with E-state index in [0.29, 0.717) is 18.9 Å². The monoisotopic (exact) mass is 492 g/mol. The average molecular weight is 493 g/mol. The van der Waals surface area contributed by atoms with Gasteiger partial charge in [-0.05, 0) is 43.9 Å². The number of carbonyl (C=O) groups excluding carboxylic acids is 2. The van der Waals surface area contributed by atoms with Crippen molar-refractivity contribution >= 4 is 33.3 Å². The molecule has 0 radical (unpaired) electrons. The Labute approximate surface area is 189 Å². The lowest BCUT2D eigenvalue weighted by atomic mass is 9.67. The van der Waals surface area contributed by atoms with E-state index in [-0.39, 0.29) is 55.6 Å². The van der Waals surface area contributed by atoms with E-state index in [1.165, 1.54) is 0 Å². The third-order valence-electron chi connectivity index (χ3n) is 6.83. The molecular formula is C21H24ClF3N2O4S. The van der Waals surface area contributed by atoms with E-state index in [1.807, 2.05) is 0 Å². The summed E-state index contributed by atoms with van der Waals surface area (Å²) in [5.41, 5.74) is -1.20. The molecule has 1 aromatic carbocycles. The van der Waals surface area contributed by atoms with Gasteiger partial charge in [-0.1, -0.05) is 18.0 Å². The van der Waals surface area contributed by atoms with Gasteiger partial charge in [0.15, 0.2) is 0 Å². The number of hydrogen-bond acceptors (Lipinski definition) is 4. The topological polar surface area (TPSA) is 74.8 Å². The van der Waals surface area contributed by atoms with Gasteiger partial charge in [0.2, 0.25) is 15.9 Å². The number of piperazine rings is 1. The molecule has 2 aliphatic carbocycles. The molecule has 4 rings (SSSR count). The summed E-state index contributed by atoms with van der Waals surface area (Å²) in [6, 6.07) is 2.54. The maximum Gasteiger partial charge on any atom is 0.417 e. The average Bonchev–Trinajstić information content (AvgIpc) is 2.72. The first-order valence-corrected chi connectivity index (χ1v) is 12.5. The zero-order chi connectivity index (χ0) is 23.3. The Morgan fingerprint density at radius 2 is 1.62 bits per heavy atom. The first kappa shape index (κ1) is 23.5. The highest BCUT2D eigenvalue weighted by Gasteiger charge is 2.43. The SMILES string of the molecule is O=C1[C@@H]2CCC[C@@H]1CC(C(=O)N1CCN(S(=O)(=O)c3ccc(Cl)c(C(F)(F)F)c3)CC1)C2. The van der Waals surface area contributed by atoms with Gasteiger partial charge in [-0.3, -0.25) is 9.59 Å². The van der Waals surface area contributed by atoms with E-state index >= 15 is 0 Å². The molecule has 2 saturated carbocycles. The minimum atomic E-state index is -4.77. The second-order valence-electron chi connectivity index (χ2n) is 8.76. The highest BCUT2D eigenvalue weighted by atomic mass is 35.5. The van der Waals surface area contributed by atoms with Crippen molar-refractivity contribution in [1.29, 1.82) is 0 Å². The molecule has 0 aromatic heterocycles. The maximum absolute atomic E-state index is 13.1. The highest BCUT2D eigenvalue weighted by Crippen LogP contribution is 2.41. The van der Waals surface area contributed by atoms with Gasteiger partial charge in [-0.2, -0.15) is 17.5 Å². The van der Waals surface area contributed by atoms with Gasteiger partial charge >= 0.3 is 6.18 Å². The number of Topliss-reactive ketones (excluding diaryl/α,β-unsaturated/α-hetero) is 1. The molecule has 1 saturated heterocycles. The van der Waals surface area contributed by atoms with Gasteiger partial charge in [-0.25, -0.2) is 8.42 Å². The van der Waals surface area contributed by atoms with Crippen molar-refractivity contribution in [2.75, 3.05) is 26.2 Å². The quantitative estimate of drug-likeness (QED) is 0.646. The van der Waals surface area contributed by atoms with E-state index in [2.05, 4.69) is 0 Å². The van der Waals surface area contributed by atoms with Gasteiger partial charge < -0.3 is 4.90 Å². The lowest BCUT2D eigenvalue weighted by Crippen LogP contribution is -2.53. The van der Waals surface area contributed by atoms with E-state index in [9.17, 15) is 31.2 Å². The molecular weight excluding hydrogens is 469 g/mol. The predicted octanol–water partition coefficient (Wildman–Crippen LogP) is 3.59. The van der Waals surface area contributed by atoms with E-state index < -0.39 is 31.7 Å². The number of benzene rings is 1. The summed E-state index contributed by atoms with van der Waals surface area (Å²) in [4.78, 5) is 26.4. The van der Waals surface area contributed by atoms with Crippen LogP contribution in [0.2, 0.25) is 5.02 Å². The minimum Gasteiger partial charge on any atom is -0.340 e. The maximum atomic E-state index is 13.1. The first-order valence-electron chi connectivity index (χ1n) is 10.7. The summed E-state index contributed by atoms with van der Waals surface area (Å²) in [7, 11) is -4.16. The van der Waals surface area contributed by atoms with E-state index in [4.69, 9.17) is 11.6 Å². The van der Waals surface area contributed by atoms with Crippen molar-refractivity contribution in [3.63, 3.8) is 0 Å². The Balaban J connectivity index is 1.42. The van der Waals surface area contributed by atoms with Crippen LogP contribution in [0.15, 0.2) is 23.1 Å². The summed E-state index contributed by atoms with van der Waals surface area (Å²) in [6.45, 7) is 0.322. The number of rotatable bonds is 3. The van der Waals surface area contributed by atoms with Crippen LogP contribution < -0.4 is 0 Å². The van der Waals surface area contributed by atoms with Gasteiger partial charge in [-0.15, -0.1) is 0 Å². The van der Waals surface area contributed by atoms with Crippen molar-refractivity contribution in [1.82, 2.24) is 9.21 Å². The third kappa shape index (κ3) is 4.41. The lowest BCUT2D eigenvalue weighted by molar-refractivity contribution is -0.144. The number of fused-ring (bicyclic) bond motifs is 2. The van der Waals surface area contributed by atoms with Gasteiger partial charge in [0.05, 0.1) is 15.5 Å². The largest absolute Gasteiger partial charge is 0.417 e. The summed E-state index contributed by atoms with van der Waals surface area (Å²) < 4.78 is 66.3. The number of sulfonamides is 1. The van der Waals surface area contributed by atoms with Crippen molar-refractivity contribution in [2.45, 2.75) is 43.2 Å². The van der Waals surface area contributed by atoms with E-state index in [0.717, 1.165) is 35.7 Å². The van der Waals surface area contributed by atoms with Crippen LogP contribution in [0, 0.1) is 17.8 Å². The molecule has 176 valence electrons. The molecule has 3 aliphatic rings. The standard InChI is InChI=1S/C21H24ClF3N2O4S/c22-18-5-4-16(12-17(18)21(23,24)25)32(30,31)27-8-6-26(7-9-27)20(29)15-10-13-2-1-3-14(11-15)19(13)28/h4-5,12-15H,1-3,6-11H2/t13-,14-/m1/s1. The van der Waals surface area contributed by atoms with Crippen molar-refractivity contribution in [3.05, 3.63) is 28.8 Å². The molecule has 2 bridgehead atoms. The molecule has 3 fully saturated rings. The van der Waals surface area contributed by atoms with Crippen molar-refractivity contribution < 1.29 is 31.2 Å². The Morgan fingerprint density at radius 1 is 1.03 bits per heavy atom. The predicted molar refractivity (Wildman–Crippen MR) is 110 cm³/mol. The summed E-state index contributed by atoms with van der Waals surface area (Å²) in [6.07, 6.45) is -1.000. The number of ketones is 1. The summed E-state index contributed by atoms with van der Waals surface area (Å²) in [5.74, 6) is -0.108. The van der Waals surface area contributed by atoms with Crippen LogP contribution in [-0.2, 0) is 25.8 Å². The Bertz CT molecular complexity index is 1010. The number of carbonyl (C=O) groups is 2. The second-order valence-corrected chi connectivity index (χ2v) is 11.1. The smallest absolute Gasteiger partial charge is 0.340 e.